The molecule has 24 heavy (non-hydrogen) atoms. The van der Waals surface area contributed by atoms with Crippen molar-refractivity contribution in [1.29, 1.82) is 0 Å². The molecule has 0 saturated heterocycles. The van der Waals surface area contributed by atoms with Crippen LogP contribution in [0.5, 0.6) is 5.75 Å². The largest absolute Gasteiger partial charge is 0.507 e. The second-order valence-corrected chi connectivity index (χ2v) is 9.27. The average Bonchev–Trinajstić information content (AvgIpc) is 2.44. The molecule has 2 aliphatic rings. The van der Waals surface area contributed by atoms with Crippen LogP contribution in [-0.2, 0) is 11.8 Å². The number of benzene rings is 1. The molecule has 0 spiro atoms. The van der Waals surface area contributed by atoms with E-state index in [1.807, 2.05) is 6.07 Å². The van der Waals surface area contributed by atoms with Crippen LogP contribution < -0.4 is 0 Å². The number of ketones is 1. The molecule has 0 aromatic heterocycles. The predicted octanol–water partition coefficient (Wildman–Crippen LogP) is 5.75. The second-order valence-electron chi connectivity index (χ2n) is 9.27. The number of fused-ring (bicyclic) bond motifs is 3. The Morgan fingerprint density at radius 1 is 1.25 bits per heavy atom. The minimum atomic E-state index is -0.0296. The predicted molar refractivity (Wildman–Crippen MR) is 99.0 cm³/mol. The first-order valence-electron chi connectivity index (χ1n) is 9.49. The first-order chi connectivity index (χ1) is 11.1. The van der Waals surface area contributed by atoms with E-state index in [1.165, 1.54) is 36.8 Å². The monoisotopic (exact) mass is 328 g/mol. The van der Waals surface area contributed by atoms with E-state index in [-0.39, 0.29) is 22.9 Å². The molecule has 1 fully saturated rings. The zero-order chi connectivity index (χ0) is 17.9. The van der Waals surface area contributed by atoms with Gasteiger partial charge in [0.25, 0.3) is 0 Å². The van der Waals surface area contributed by atoms with E-state index in [9.17, 15) is 9.90 Å². The topological polar surface area (TPSA) is 37.3 Å². The minimum absolute atomic E-state index is 0.0296. The Balaban J connectivity index is 2.28. The van der Waals surface area contributed by atoms with Crippen molar-refractivity contribution in [3.05, 3.63) is 28.3 Å². The van der Waals surface area contributed by atoms with Crippen molar-refractivity contribution < 1.29 is 9.90 Å². The molecule has 0 heterocycles. The highest BCUT2D eigenvalue weighted by atomic mass is 16.3. The Morgan fingerprint density at radius 3 is 2.50 bits per heavy atom. The van der Waals surface area contributed by atoms with Crippen LogP contribution >= 0.6 is 0 Å². The molecule has 2 atom stereocenters. The molecule has 2 nitrogen and oxygen atoms in total. The molecule has 132 valence electrons. The summed E-state index contributed by atoms with van der Waals surface area (Å²) in [6.07, 6.45) is 5.94. The number of phenolic OH excluding ortho intramolecular Hbond substituents is 1. The van der Waals surface area contributed by atoms with Crippen LogP contribution in [0, 0.1) is 11.3 Å². The third-order valence-corrected chi connectivity index (χ3v) is 6.93. The summed E-state index contributed by atoms with van der Waals surface area (Å²) in [6.45, 7) is 13.0. The molecule has 2 heteroatoms. The molecule has 1 aromatic rings. The molecule has 0 bridgehead atoms. The van der Waals surface area contributed by atoms with Gasteiger partial charge in [-0.1, -0.05) is 41.0 Å². The zero-order valence-electron chi connectivity index (χ0n) is 16.1. The standard InChI is InChI=1S/C22H32O2/c1-13(2)19-15-8-9-18-21(4,5)10-7-11-22(18,6)17(15)12-16(14(3)23)20(19)24/h12-13,18,24H,7-11H2,1-6H3/t18-,22+/m0/s1. The summed E-state index contributed by atoms with van der Waals surface area (Å²) in [5.41, 5.74) is 4.67. The summed E-state index contributed by atoms with van der Waals surface area (Å²) in [5, 5.41) is 10.7. The highest BCUT2D eigenvalue weighted by Gasteiger charge is 2.50. The molecule has 0 radical (unpaired) electrons. The van der Waals surface area contributed by atoms with Crippen LogP contribution in [0.25, 0.3) is 0 Å². The number of Topliss-reactive ketones (excluding diaryl/α,β-unsaturated/α-hetero) is 1. The average molecular weight is 328 g/mol. The molecular formula is C22H32O2. The summed E-state index contributed by atoms with van der Waals surface area (Å²) in [4.78, 5) is 12.2. The fraction of sp³-hybridized carbons (Fsp3) is 0.682. The summed E-state index contributed by atoms with van der Waals surface area (Å²) in [6, 6.07) is 2.03. The number of hydrogen-bond acceptors (Lipinski definition) is 2. The summed E-state index contributed by atoms with van der Waals surface area (Å²) >= 11 is 0. The highest BCUT2D eigenvalue weighted by molar-refractivity contribution is 5.97. The lowest BCUT2D eigenvalue weighted by Gasteiger charge is -2.55. The Bertz CT molecular complexity index is 684. The van der Waals surface area contributed by atoms with Gasteiger partial charge in [0.2, 0.25) is 0 Å². The molecule has 3 rings (SSSR count). The number of aromatic hydroxyl groups is 1. The fourth-order valence-corrected chi connectivity index (χ4v) is 5.84. The van der Waals surface area contributed by atoms with E-state index in [0.29, 0.717) is 16.9 Å². The summed E-state index contributed by atoms with van der Waals surface area (Å²) in [5.74, 6) is 1.08. The van der Waals surface area contributed by atoms with Gasteiger partial charge in [0, 0.05) is 5.56 Å². The molecule has 0 amide bonds. The third-order valence-electron chi connectivity index (χ3n) is 6.93. The van der Waals surface area contributed by atoms with Crippen molar-refractivity contribution in [2.75, 3.05) is 0 Å². The van der Waals surface area contributed by atoms with Crippen molar-refractivity contribution in [2.45, 2.75) is 85.0 Å². The van der Waals surface area contributed by atoms with Crippen LogP contribution in [0.3, 0.4) is 0 Å². The van der Waals surface area contributed by atoms with Crippen molar-refractivity contribution in [3.8, 4) is 5.75 Å². The quantitative estimate of drug-likeness (QED) is 0.702. The van der Waals surface area contributed by atoms with E-state index in [0.717, 1.165) is 12.0 Å². The second kappa shape index (κ2) is 5.61. The highest BCUT2D eigenvalue weighted by Crippen LogP contribution is 2.58. The van der Waals surface area contributed by atoms with Crippen molar-refractivity contribution in [3.63, 3.8) is 0 Å². The van der Waals surface area contributed by atoms with Crippen molar-refractivity contribution in [1.82, 2.24) is 0 Å². The van der Waals surface area contributed by atoms with Gasteiger partial charge in [-0.2, -0.15) is 0 Å². The maximum absolute atomic E-state index is 12.2. The molecule has 0 unspecified atom stereocenters. The van der Waals surface area contributed by atoms with Gasteiger partial charge in [0.05, 0.1) is 5.56 Å². The van der Waals surface area contributed by atoms with E-state index >= 15 is 0 Å². The maximum Gasteiger partial charge on any atom is 0.163 e. The van der Waals surface area contributed by atoms with Gasteiger partial charge in [0.1, 0.15) is 5.75 Å². The number of phenols is 1. The lowest BCUT2D eigenvalue weighted by atomic mass is 9.50. The van der Waals surface area contributed by atoms with Gasteiger partial charge in [-0.05, 0) is 72.5 Å². The number of carbonyl (C=O) groups excluding carboxylic acids is 1. The van der Waals surface area contributed by atoms with Gasteiger partial charge < -0.3 is 5.11 Å². The molecule has 1 N–H and O–H groups in total. The van der Waals surface area contributed by atoms with Crippen molar-refractivity contribution in [2.24, 2.45) is 11.3 Å². The molecule has 0 aliphatic heterocycles. The number of carbonyl (C=O) groups is 1. The third kappa shape index (κ3) is 2.41. The van der Waals surface area contributed by atoms with E-state index in [2.05, 4.69) is 34.6 Å². The first kappa shape index (κ1) is 17.5. The first-order valence-corrected chi connectivity index (χ1v) is 9.49. The molecule has 2 aliphatic carbocycles. The van der Waals surface area contributed by atoms with E-state index in [4.69, 9.17) is 0 Å². The summed E-state index contributed by atoms with van der Waals surface area (Å²) < 4.78 is 0. The number of rotatable bonds is 2. The lowest BCUT2D eigenvalue weighted by molar-refractivity contribution is 0.0404. The van der Waals surface area contributed by atoms with Crippen LogP contribution in [0.2, 0.25) is 0 Å². The Morgan fingerprint density at radius 2 is 1.92 bits per heavy atom. The Kier molecular flexibility index (Phi) is 4.09. The summed E-state index contributed by atoms with van der Waals surface area (Å²) in [7, 11) is 0. The van der Waals surface area contributed by atoms with Crippen LogP contribution in [0.4, 0.5) is 0 Å². The van der Waals surface area contributed by atoms with Crippen molar-refractivity contribution >= 4 is 5.78 Å². The SMILES string of the molecule is CC(=O)c1cc2c(c(C(C)C)c1O)CC[C@H]1C(C)(C)CCC[C@]21C. The van der Waals surface area contributed by atoms with Crippen LogP contribution in [0.15, 0.2) is 6.07 Å². The van der Waals surface area contributed by atoms with Gasteiger partial charge in [0.15, 0.2) is 5.78 Å². The zero-order valence-corrected chi connectivity index (χ0v) is 16.1. The number of hydrogen-bond donors (Lipinski definition) is 1. The van der Waals surface area contributed by atoms with Gasteiger partial charge in [-0.15, -0.1) is 0 Å². The maximum atomic E-state index is 12.2. The van der Waals surface area contributed by atoms with Crippen LogP contribution in [-0.4, -0.2) is 10.9 Å². The molecular weight excluding hydrogens is 296 g/mol. The minimum Gasteiger partial charge on any atom is -0.507 e. The molecule has 1 saturated carbocycles. The lowest BCUT2D eigenvalue weighted by Crippen LogP contribution is -2.48. The van der Waals surface area contributed by atoms with Gasteiger partial charge >= 0.3 is 0 Å². The van der Waals surface area contributed by atoms with Crippen LogP contribution in [0.1, 0.15) is 100 Å². The van der Waals surface area contributed by atoms with Gasteiger partial charge in [-0.25, -0.2) is 0 Å². The Hall–Kier alpha value is -1.31. The van der Waals surface area contributed by atoms with E-state index in [1.54, 1.807) is 6.92 Å². The molecule has 1 aromatic carbocycles. The fourth-order valence-electron chi connectivity index (χ4n) is 5.84. The normalized spacial score (nSPS) is 28.4. The smallest absolute Gasteiger partial charge is 0.163 e. The Labute approximate surface area is 146 Å². The van der Waals surface area contributed by atoms with E-state index < -0.39 is 0 Å². The van der Waals surface area contributed by atoms with Gasteiger partial charge in [-0.3, -0.25) is 4.79 Å².